The molecule has 1 fully saturated rings. The molecule has 1 aliphatic carbocycles. The van der Waals surface area contributed by atoms with E-state index >= 15 is 0 Å². The Morgan fingerprint density at radius 2 is 2.08 bits per heavy atom. The van der Waals surface area contributed by atoms with Gasteiger partial charge in [-0.3, -0.25) is 9.48 Å². The number of amides is 1. The van der Waals surface area contributed by atoms with E-state index < -0.39 is 0 Å². The number of carbonyl (C=O) groups is 1. The van der Waals surface area contributed by atoms with Crippen molar-refractivity contribution in [2.24, 2.45) is 7.05 Å². The first-order valence-electron chi connectivity index (χ1n) is 7.98. The van der Waals surface area contributed by atoms with Crippen LogP contribution < -0.4 is 5.32 Å². The number of nitrogens with zero attached hydrogens (tertiary/aromatic N) is 5. The van der Waals surface area contributed by atoms with Gasteiger partial charge in [0.1, 0.15) is 0 Å². The van der Waals surface area contributed by atoms with Crippen LogP contribution in [0.4, 0.5) is 5.82 Å². The molecule has 2 heterocycles. The number of carbonyl (C=O) groups excluding carboxylic acids is 1. The second-order valence-electron chi connectivity index (χ2n) is 6.09. The lowest BCUT2D eigenvalue weighted by Gasteiger charge is -1.99. The van der Waals surface area contributed by atoms with Gasteiger partial charge in [0.15, 0.2) is 11.5 Å². The summed E-state index contributed by atoms with van der Waals surface area (Å²) in [5, 5.41) is 15.1. The maximum atomic E-state index is 12.3. The van der Waals surface area contributed by atoms with Crippen LogP contribution in [0.15, 0.2) is 42.6 Å². The molecule has 0 atom stereocenters. The fourth-order valence-electron chi connectivity index (χ4n) is 2.73. The second kappa shape index (κ2) is 5.92. The van der Waals surface area contributed by atoms with E-state index in [-0.39, 0.29) is 11.6 Å². The lowest BCUT2D eigenvalue weighted by Crippen LogP contribution is -2.13. The molecule has 7 heteroatoms. The zero-order chi connectivity index (χ0) is 16.5. The molecule has 0 unspecified atom stereocenters. The van der Waals surface area contributed by atoms with Crippen LogP contribution in [-0.4, -0.2) is 30.7 Å². The van der Waals surface area contributed by atoms with Crippen molar-refractivity contribution in [3.8, 4) is 0 Å². The number of aryl methyl sites for hydroxylation is 1. The number of benzene rings is 1. The van der Waals surface area contributed by atoms with E-state index in [0.29, 0.717) is 18.3 Å². The molecule has 0 saturated heterocycles. The van der Waals surface area contributed by atoms with Gasteiger partial charge in [0, 0.05) is 24.7 Å². The quantitative estimate of drug-likeness (QED) is 0.781. The molecule has 7 nitrogen and oxygen atoms in total. The van der Waals surface area contributed by atoms with Crippen molar-refractivity contribution in [2.75, 3.05) is 5.32 Å². The SMILES string of the molecule is Cn1nc(NC(=O)c2cn(Cc3ccccc3)nn2)cc1C1CC1. The lowest BCUT2D eigenvalue weighted by molar-refractivity contribution is 0.102. The third kappa shape index (κ3) is 3.05. The summed E-state index contributed by atoms with van der Waals surface area (Å²) in [7, 11) is 1.90. The monoisotopic (exact) mass is 322 g/mol. The van der Waals surface area contributed by atoms with Crippen molar-refractivity contribution in [3.63, 3.8) is 0 Å². The topological polar surface area (TPSA) is 77.6 Å². The number of anilines is 1. The Morgan fingerprint density at radius 1 is 1.29 bits per heavy atom. The molecule has 0 radical (unpaired) electrons. The van der Waals surface area contributed by atoms with E-state index in [1.54, 1.807) is 10.9 Å². The molecule has 0 bridgehead atoms. The molecule has 2 aromatic heterocycles. The zero-order valence-corrected chi connectivity index (χ0v) is 13.4. The summed E-state index contributed by atoms with van der Waals surface area (Å²) in [5.74, 6) is 0.844. The van der Waals surface area contributed by atoms with Crippen LogP contribution >= 0.6 is 0 Å². The highest BCUT2D eigenvalue weighted by Gasteiger charge is 2.27. The fourth-order valence-corrected chi connectivity index (χ4v) is 2.73. The molecule has 0 spiro atoms. The van der Waals surface area contributed by atoms with Crippen LogP contribution in [0.1, 0.15) is 40.5 Å². The summed E-state index contributed by atoms with van der Waals surface area (Å²) in [6, 6.07) is 11.9. The highest BCUT2D eigenvalue weighted by atomic mass is 16.2. The maximum Gasteiger partial charge on any atom is 0.279 e. The van der Waals surface area contributed by atoms with E-state index in [1.165, 1.54) is 12.8 Å². The molecule has 0 aliphatic heterocycles. The van der Waals surface area contributed by atoms with Gasteiger partial charge in [-0.1, -0.05) is 35.5 Å². The van der Waals surface area contributed by atoms with Gasteiger partial charge in [-0.05, 0) is 18.4 Å². The van der Waals surface area contributed by atoms with E-state index in [1.807, 2.05) is 48.1 Å². The average molecular weight is 322 g/mol. The third-order valence-electron chi connectivity index (χ3n) is 4.11. The van der Waals surface area contributed by atoms with Gasteiger partial charge in [-0.2, -0.15) is 5.10 Å². The first-order valence-corrected chi connectivity index (χ1v) is 7.98. The number of aromatic nitrogens is 5. The van der Waals surface area contributed by atoms with Crippen molar-refractivity contribution in [2.45, 2.75) is 25.3 Å². The summed E-state index contributed by atoms with van der Waals surface area (Å²) >= 11 is 0. The fraction of sp³-hybridized carbons (Fsp3) is 0.294. The molecular formula is C17H18N6O. The number of hydrogen-bond acceptors (Lipinski definition) is 4. The number of hydrogen-bond donors (Lipinski definition) is 1. The first kappa shape index (κ1) is 14.6. The minimum Gasteiger partial charge on any atom is -0.304 e. The molecule has 1 saturated carbocycles. The second-order valence-corrected chi connectivity index (χ2v) is 6.09. The summed E-state index contributed by atoms with van der Waals surface area (Å²) < 4.78 is 3.48. The van der Waals surface area contributed by atoms with Gasteiger partial charge >= 0.3 is 0 Å². The standard InChI is InChI=1S/C17H18N6O/c1-22-15(13-7-8-13)9-16(20-22)18-17(24)14-11-23(21-19-14)10-12-5-3-2-4-6-12/h2-6,9,11,13H,7-8,10H2,1H3,(H,18,20,24). The smallest absolute Gasteiger partial charge is 0.279 e. The van der Waals surface area contributed by atoms with E-state index in [4.69, 9.17) is 0 Å². The first-order chi connectivity index (χ1) is 11.7. The molecule has 3 aromatic rings. The predicted molar refractivity (Wildman–Crippen MR) is 88.7 cm³/mol. The van der Waals surface area contributed by atoms with Gasteiger partial charge < -0.3 is 5.32 Å². The molecule has 4 rings (SSSR count). The van der Waals surface area contributed by atoms with Gasteiger partial charge in [-0.15, -0.1) is 5.10 Å². The number of nitrogens with one attached hydrogen (secondary N) is 1. The molecule has 24 heavy (non-hydrogen) atoms. The maximum absolute atomic E-state index is 12.3. The van der Waals surface area contributed by atoms with Crippen molar-refractivity contribution in [3.05, 3.63) is 59.5 Å². The van der Waals surface area contributed by atoms with Gasteiger partial charge in [0.2, 0.25) is 0 Å². The zero-order valence-electron chi connectivity index (χ0n) is 13.4. The highest BCUT2D eigenvalue weighted by Crippen LogP contribution is 2.40. The minimum atomic E-state index is -0.297. The van der Waals surface area contributed by atoms with E-state index in [2.05, 4.69) is 20.7 Å². The Kier molecular flexibility index (Phi) is 3.60. The van der Waals surface area contributed by atoms with Crippen molar-refractivity contribution in [1.82, 2.24) is 24.8 Å². The normalized spacial score (nSPS) is 13.9. The number of rotatable bonds is 5. The van der Waals surface area contributed by atoms with Crippen LogP contribution in [0.5, 0.6) is 0 Å². The summed E-state index contributed by atoms with van der Waals surface area (Å²) in [4.78, 5) is 12.3. The van der Waals surface area contributed by atoms with Crippen LogP contribution in [0, 0.1) is 0 Å². The highest BCUT2D eigenvalue weighted by molar-refractivity contribution is 6.02. The Bertz CT molecular complexity index is 862. The lowest BCUT2D eigenvalue weighted by atomic mass is 10.2. The van der Waals surface area contributed by atoms with Gasteiger partial charge in [0.05, 0.1) is 12.7 Å². The molecule has 122 valence electrons. The van der Waals surface area contributed by atoms with E-state index in [9.17, 15) is 4.79 Å². The Balaban J connectivity index is 1.44. The van der Waals surface area contributed by atoms with E-state index in [0.717, 1.165) is 11.3 Å². The predicted octanol–water partition coefficient (Wildman–Crippen LogP) is 2.19. The van der Waals surface area contributed by atoms with Gasteiger partial charge in [-0.25, -0.2) is 4.68 Å². The molecule has 1 aliphatic rings. The van der Waals surface area contributed by atoms with Gasteiger partial charge in [0.25, 0.3) is 5.91 Å². The Hall–Kier alpha value is -2.96. The third-order valence-corrected chi connectivity index (χ3v) is 4.11. The van der Waals surface area contributed by atoms with Crippen molar-refractivity contribution in [1.29, 1.82) is 0 Å². The molecule has 1 N–H and O–H groups in total. The summed E-state index contributed by atoms with van der Waals surface area (Å²) in [6.07, 6.45) is 4.04. The van der Waals surface area contributed by atoms with Crippen molar-refractivity contribution < 1.29 is 4.79 Å². The largest absolute Gasteiger partial charge is 0.304 e. The van der Waals surface area contributed by atoms with Crippen LogP contribution in [-0.2, 0) is 13.6 Å². The van der Waals surface area contributed by atoms with Crippen LogP contribution in [0.25, 0.3) is 0 Å². The van der Waals surface area contributed by atoms with Crippen LogP contribution in [0.2, 0.25) is 0 Å². The molecule has 1 amide bonds. The molecular weight excluding hydrogens is 304 g/mol. The van der Waals surface area contributed by atoms with Crippen molar-refractivity contribution >= 4 is 11.7 Å². The Morgan fingerprint density at radius 3 is 2.83 bits per heavy atom. The van der Waals surface area contributed by atoms with Crippen LogP contribution in [0.3, 0.4) is 0 Å². The Labute approximate surface area is 139 Å². The average Bonchev–Trinajstić information content (AvgIpc) is 3.20. The minimum absolute atomic E-state index is 0.282. The summed E-state index contributed by atoms with van der Waals surface area (Å²) in [6.45, 7) is 0.580. The molecule has 1 aromatic carbocycles. The summed E-state index contributed by atoms with van der Waals surface area (Å²) in [5.41, 5.74) is 2.55.